The van der Waals surface area contributed by atoms with Crippen LogP contribution in [0.3, 0.4) is 0 Å². The van der Waals surface area contributed by atoms with Crippen LogP contribution in [-0.4, -0.2) is 11.1 Å². The monoisotopic (exact) mass is 234 g/mol. The first-order valence-corrected chi connectivity index (χ1v) is 6.46. The number of anilines is 1. The van der Waals surface area contributed by atoms with Gasteiger partial charge in [-0.15, -0.1) is 0 Å². The van der Waals surface area contributed by atoms with Gasteiger partial charge >= 0.3 is 0 Å². The summed E-state index contributed by atoms with van der Waals surface area (Å²) in [4.78, 5) is 4.36. The molecule has 1 saturated carbocycles. The quantitative estimate of drug-likeness (QED) is 0.855. The molecule has 3 nitrogen and oxygen atoms in total. The van der Waals surface area contributed by atoms with Gasteiger partial charge in [0.05, 0.1) is 11.4 Å². The highest BCUT2D eigenvalue weighted by Gasteiger charge is 2.25. The summed E-state index contributed by atoms with van der Waals surface area (Å²) >= 11 is 0. The number of nitrogen functional groups attached to an aromatic ring is 1. The zero-order valence-corrected chi connectivity index (χ0v) is 10.9. The van der Waals surface area contributed by atoms with Crippen molar-refractivity contribution < 1.29 is 4.74 Å². The first-order valence-electron chi connectivity index (χ1n) is 6.46. The molecule has 0 bridgehead atoms. The second kappa shape index (κ2) is 4.94. The number of ether oxygens (including phenoxy) is 1. The molecule has 2 rings (SSSR count). The average Bonchev–Trinajstić information content (AvgIpc) is 2.29. The zero-order chi connectivity index (χ0) is 12.4. The summed E-state index contributed by atoms with van der Waals surface area (Å²) in [6.07, 6.45) is 3.83. The van der Waals surface area contributed by atoms with Crippen molar-refractivity contribution in [3.05, 3.63) is 17.8 Å². The fourth-order valence-corrected chi connectivity index (χ4v) is 2.39. The molecule has 1 heterocycles. The van der Waals surface area contributed by atoms with Crippen LogP contribution in [0.15, 0.2) is 12.1 Å². The largest absolute Gasteiger partial charge is 0.474 e. The number of rotatable bonds is 2. The number of hydrogen-bond acceptors (Lipinski definition) is 3. The van der Waals surface area contributed by atoms with E-state index in [1.807, 2.05) is 19.1 Å². The molecule has 3 atom stereocenters. The number of aryl methyl sites for hydroxylation is 1. The molecule has 0 aliphatic heterocycles. The van der Waals surface area contributed by atoms with E-state index >= 15 is 0 Å². The van der Waals surface area contributed by atoms with Crippen LogP contribution in [0.2, 0.25) is 0 Å². The van der Waals surface area contributed by atoms with Crippen LogP contribution in [0, 0.1) is 18.8 Å². The van der Waals surface area contributed by atoms with Gasteiger partial charge in [0.25, 0.3) is 0 Å². The predicted octanol–water partition coefficient (Wildman–Crippen LogP) is 3.18. The summed E-state index contributed by atoms with van der Waals surface area (Å²) in [7, 11) is 0. The molecular weight excluding hydrogens is 212 g/mol. The average molecular weight is 234 g/mol. The van der Waals surface area contributed by atoms with Crippen molar-refractivity contribution in [1.29, 1.82) is 0 Å². The molecule has 0 radical (unpaired) electrons. The molecule has 0 spiro atoms. The molecule has 0 saturated heterocycles. The van der Waals surface area contributed by atoms with Gasteiger partial charge in [-0.3, -0.25) is 0 Å². The number of aromatic nitrogens is 1. The molecule has 94 valence electrons. The molecular formula is C14H22N2O. The van der Waals surface area contributed by atoms with Gasteiger partial charge < -0.3 is 10.5 Å². The maximum Gasteiger partial charge on any atom is 0.213 e. The van der Waals surface area contributed by atoms with Crippen molar-refractivity contribution in [2.24, 2.45) is 11.8 Å². The van der Waals surface area contributed by atoms with Crippen molar-refractivity contribution in [1.82, 2.24) is 4.98 Å². The van der Waals surface area contributed by atoms with E-state index in [0.29, 0.717) is 12.0 Å². The molecule has 17 heavy (non-hydrogen) atoms. The zero-order valence-electron chi connectivity index (χ0n) is 10.9. The Morgan fingerprint density at radius 1 is 1.24 bits per heavy atom. The fourth-order valence-electron chi connectivity index (χ4n) is 2.39. The maximum absolute atomic E-state index is 5.94. The van der Waals surface area contributed by atoms with Crippen LogP contribution in [-0.2, 0) is 0 Å². The molecule has 3 unspecified atom stereocenters. The smallest absolute Gasteiger partial charge is 0.213 e. The Balaban J connectivity index is 1.99. The van der Waals surface area contributed by atoms with Gasteiger partial charge in [-0.2, -0.15) is 0 Å². The number of hydrogen-bond donors (Lipinski definition) is 1. The van der Waals surface area contributed by atoms with Crippen LogP contribution in [0.1, 0.15) is 38.8 Å². The van der Waals surface area contributed by atoms with Gasteiger partial charge in [0.1, 0.15) is 6.10 Å². The lowest BCUT2D eigenvalue weighted by Gasteiger charge is -2.31. The summed E-state index contributed by atoms with van der Waals surface area (Å²) in [5.41, 5.74) is 7.32. The van der Waals surface area contributed by atoms with Crippen LogP contribution in [0.5, 0.6) is 5.88 Å². The van der Waals surface area contributed by atoms with Crippen molar-refractivity contribution >= 4 is 5.69 Å². The highest BCUT2D eigenvalue weighted by molar-refractivity contribution is 5.43. The van der Waals surface area contributed by atoms with Gasteiger partial charge in [-0.25, -0.2) is 4.98 Å². The minimum absolute atomic E-state index is 0.316. The topological polar surface area (TPSA) is 48.1 Å². The summed E-state index contributed by atoms with van der Waals surface area (Å²) in [5, 5.41) is 0. The SMILES string of the molecule is Cc1nc(OC2CCC(C)C(C)C2)ccc1N. The minimum Gasteiger partial charge on any atom is -0.474 e. The van der Waals surface area contributed by atoms with Gasteiger partial charge in [-0.05, 0) is 44.1 Å². The molecule has 1 aromatic heterocycles. The molecule has 1 fully saturated rings. The van der Waals surface area contributed by atoms with Crippen LogP contribution in [0.25, 0.3) is 0 Å². The maximum atomic E-state index is 5.94. The van der Waals surface area contributed by atoms with E-state index in [9.17, 15) is 0 Å². The third kappa shape index (κ3) is 2.90. The Kier molecular flexibility index (Phi) is 3.55. The fraction of sp³-hybridized carbons (Fsp3) is 0.643. The molecule has 1 aromatic rings. The van der Waals surface area contributed by atoms with Gasteiger partial charge in [-0.1, -0.05) is 13.8 Å². The highest BCUT2D eigenvalue weighted by Crippen LogP contribution is 2.31. The minimum atomic E-state index is 0.316. The molecule has 1 aliphatic rings. The third-order valence-corrected chi connectivity index (χ3v) is 3.94. The van der Waals surface area contributed by atoms with E-state index in [4.69, 9.17) is 10.5 Å². The first-order chi connectivity index (χ1) is 8.06. The molecule has 0 aromatic carbocycles. The Morgan fingerprint density at radius 2 is 2.00 bits per heavy atom. The number of nitrogens with two attached hydrogens (primary N) is 1. The lowest BCUT2D eigenvalue weighted by molar-refractivity contribution is 0.0963. The van der Waals surface area contributed by atoms with E-state index in [1.54, 1.807) is 0 Å². The number of pyridine rings is 1. The van der Waals surface area contributed by atoms with Crippen LogP contribution >= 0.6 is 0 Å². The molecule has 2 N–H and O–H groups in total. The molecule has 3 heteroatoms. The second-order valence-electron chi connectivity index (χ2n) is 5.33. The van der Waals surface area contributed by atoms with Crippen molar-refractivity contribution in [2.45, 2.75) is 46.1 Å². The van der Waals surface area contributed by atoms with Crippen molar-refractivity contribution in [2.75, 3.05) is 5.73 Å². The van der Waals surface area contributed by atoms with Crippen LogP contribution in [0.4, 0.5) is 5.69 Å². The van der Waals surface area contributed by atoms with Crippen LogP contribution < -0.4 is 10.5 Å². The second-order valence-corrected chi connectivity index (χ2v) is 5.33. The predicted molar refractivity (Wildman–Crippen MR) is 70.0 cm³/mol. The van der Waals surface area contributed by atoms with Gasteiger partial charge in [0.15, 0.2) is 0 Å². The standard InChI is InChI=1S/C14H22N2O/c1-9-4-5-12(8-10(9)2)17-14-7-6-13(15)11(3)16-14/h6-7,9-10,12H,4-5,8,15H2,1-3H3. The Labute approximate surface area is 103 Å². The molecule has 0 amide bonds. The Hall–Kier alpha value is -1.25. The summed E-state index contributed by atoms with van der Waals surface area (Å²) in [5.74, 6) is 2.27. The van der Waals surface area contributed by atoms with Crippen molar-refractivity contribution in [3.63, 3.8) is 0 Å². The summed E-state index contributed by atoms with van der Waals surface area (Å²) < 4.78 is 5.94. The van der Waals surface area contributed by atoms with Gasteiger partial charge in [0.2, 0.25) is 5.88 Å². The lowest BCUT2D eigenvalue weighted by atomic mass is 9.80. The first kappa shape index (κ1) is 12.2. The van der Waals surface area contributed by atoms with E-state index < -0.39 is 0 Å². The number of nitrogens with zero attached hydrogens (tertiary/aromatic N) is 1. The van der Waals surface area contributed by atoms with Crippen molar-refractivity contribution in [3.8, 4) is 5.88 Å². The van der Waals surface area contributed by atoms with Gasteiger partial charge in [0, 0.05) is 6.07 Å². The highest BCUT2D eigenvalue weighted by atomic mass is 16.5. The third-order valence-electron chi connectivity index (χ3n) is 3.94. The molecule has 1 aliphatic carbocycles. The van der Waals surface area contributed by atoms with E-state index in [0.717, 1.165) is 36.1 Å². The normalized spacial score (nSPS) is 29.0. The lowest BCUT2D eigenvalue weighted by Crippen LogP contribution is -2.29. The van der Waals surface area contributed by atoms with E-state index in [2.05, 4.69) is 18.8 Å². The Bertz CT molecular complexity index is 392. The van der Waals surface area contributed by atoms with E-state index in [-0.39, 0.29) is 0 Å². The summed E-state index contributed by atoms with van der Waals surface area (Å²) in [6, 6.07) is 3.73. The summed E-state index contributed by atoms with van der Waals surface area (Å²) in [6.45, 7) is 6.54. The Morgan fingerprint density at radius 3 is 2.65 bits per heavy atom. The van der Waals surface area contributed by atoms with E-state index in [1.165, 1.54) is 6.42 Å².